The molecule has 8 heteroatoms. The van der Waals surface area contributed by atoms with Gasteiger partial charge in [0.15, 0.2) is 5.82 Å². The van der Waals surface area contributed by atoms with Crippen molar-refractivity contribution in [3.05, 3.63) is 78.6 Å². The van der Waals surface area contributed by atoms with Gasteiger partial charge in [0.1, 0.15) is 12.4 Å². The Morgan fingerprint density at radius 1 is 1.10 bits per heavy atom. The molecule has 31 heavy (non-hydrogen) atoms. The average Bonchev–Trinajstić information content (AvgIpc) is 3.19. The third kappa shape index (κ3) is 5.59. The van der Waals surface area contributed by atoms with Crippen LogP contribution in [-0.2, 0) is 16.4 Å². The Hall–Kier alpha value is -2.97. The first-order valence-corrected chi connectivity index (χ1v) is 11.8. The van der Waals surface area contributed by atoms with Crippen molar-refractivity contribution >= 4 is 9.84 Å². The molecule has 0 aliphatic heterocycles. The van der Waals surface area contributed by atoms with E-state index in [0.29, 0.717) is 36.2 Å². The van der Waals surface area contributed by atoms with Crippen molar-refractivity contribution in [3.8, 4) is 11.4 Å². The minimum Gasteiger partial charge on any atom is -0.489 e. The van der Waals surface area contributed by atoms with Gasteiger partial charge in [-0.05, 0) is 42.2 Å². The third-order valence-electron chi connectivity index (χ3n) is 4.67. The van der Waals surface area contributed by atoms with Crippen molar-refractivity contribution in [2.45, 2.75) is 38.1 Å². The molecule has 3 aromatic rings. The number of aromatic nitrogens is 3. The number of nitrogens with zero attached hydrogens (tertiary/aromatic N) is 3. The van der Waals surface area contributed by atoms with Crippen molar-refractivity contribution in [2.24, 2.45) is 11.7 Å². The summed E-state index contributed by atoms with van der Waals surface area (Å²) in [6.45, 7) is 8.08. The van der Waals surface area contributed by atoms with E-state index in [1.54, 1.807) is 24.3 Å². The van der Waals surface area contributed by atoms with Crippen LogP contribution in [0.1, 0.15) is 37.7 Å². The van der Waals surface area contributed by atoms with E-state index < -0.39 is 15.9 Å². The molecule has 1 heterocycles. The summed E-state index contributed by atoms with van der Waals surface area (Å²) in [5, 5.41) is 7.97. The van der Waals surface area contributed by atoms with E-state index in [4.69, 9.17) is 10.5 Å². The normalized spacial score (nSPS) is 12.6. The maximum Gasteiger partial charge on any atom is 0.254 e. The second-order valence-electron chi connectivity index (χ2n) is 7.75. The number of sulfone groups is 1. The van der Waals surface area contributed by atoms with Gasteiger partial charge in [0, 0.05) is 5.69 Å². The Balaban J connectivity index is 1.93. The van der Waals surface area contributed by atoms with Crippen LogP contribution in [0, 0.1) is 5.92 Å². The Bertz CT molecular complexity index is 1110. The monoisotopic (exact) mass is 440 g/mol. The van der Waals surface area contributed by atoms with Gasteiger partial charge in [-0.1, -0.05) is 50.3 Å². The molecule has 0 spiro atoms. The average molecular weight is 441 g/mol. The maximum absolute atomic E-state index is 12.8. The summed E-state index contributed by atoms with van der Waals surface area (Å²) in [6.07, 6.45) is 1.99. The number of rotatable bonds is 10. The highest BCUT2D eigenvalue weighted by Crippen LogP contribution is 2.26. The van der Waals surface area contributed by atoms with Crippen LogP contribution in [0.2, 0.25) is 0 Å². The summed E-state index contributed by atoms with van der Waals surface area (Å²) in [4.78, 5) is 0. The lowest BCUT2D eigenvalue weighted by Gasteiger charge is -2.17. The lowest BCUT2D eigenvalue weighted by molar-refractivity contribution is 0.306. The van der Waals surface area contributed by atoms with Crippen LogP contribution >= 0.6 is 0 Å². The third-order valence-corrected chi connectivity index (χ3v) is 6.17. The van der Waals surface area contributed by atoms with Crippen molar-refractivity contribution in [2.75, 3.05) is 5.75 Å². The van der Waals surface area contributed by atoms with Crippen LogP contribution in [0.15, 0.2) is 72.4 Å². The molecule has 2 N–H and O–H groups in total. The predicted octanol–water partition coefficient (Wildman–Crippen LogP) is 3.85. The first-order valence-electron chi connectivity index (χ1n) is 10.1. The summed E-state index contributed by atoms with van der Waals surface area (Å²) in [6, 6.07) is 16.5. The molecule has 0 fully saturated rings. The number of hydrogen-bond donors (Lipinski definition) is 1. The van der Waals surface area contributed by atoms with E-state index in [0.717, 1.165) is 5.56 Å². The Morgan fingerprint density at radius 3 is 2.39 bits per heavy atom. The SMILES string of the molecule is C=CCS(=O)(=O)c1nnc([C@@H](N)CC(C)C)n1-c1ccc(OCc2ccccc2)cc1. The van der Waals surface area contributed by atoms with Gasteiger partial charge >= 0.3 is 0 Å². The van der Waals surface area contributed by atoms with E-state index in [2.05, 4.69) is 30.6 Å². The zero-order valence-electron chi connectivity index (χ0n) is 17.8. The van der Waals surface area contributed by atoms with Crippen LogP contribution in [0.3, 0.4) is 0 Å². The topological polar surface area (TPSA) is 100 Å². The molecule has 0 bridgehead atoms. The van der Waals surface area contributed by atoms with Gasteiger partial charge in [0.2, 0.25) is 9.84 Å². The molecule has 0 amide bonds. The van der Waals surface area contributed by atoms with Crippen LogP contribution < -0.4 is 10.5 Å². The molecule has 3 rings (SSSR count). The summed E-state index contributed by atoms with van der Waals surface area (Å²) in [5.74, 6) is 1.17. The first-order chi connectivity index (χ1) is 14.8. The minimum atomic E-state index is -3.70. The quantitative estimate of drug-likeness (QED) is 0.481. The molecule has 7 nitrogen and oxygen atoms in total. The molecule has 0 radical (unpaired) electrons. The number of ether oxygens (including phenoxy) is 1. The minimum absolute atomic E-state index is 0.139. The molecule has 0 aliphatic carbocycles. The van der Waals surface area contributed by atoms with E-state index in [1.807, 2.05) is 30.3 Å². The van der Waals surface area contributed by atoms with E-state index in [-0.39, 0.29) is 10.9 Å². The molecular weight excluding hydrogens is 412 g/mol. The Kier molecular flexibility index (Phi) is 7.25. The van der Waals surface area contributed by atoms with Gasteiger partial charge < -0.3 is 10.5 Å². The standard InChI is InChI=1S/C23H28N4O3S/c1-4-14-31(28,29)23-26-25-22(21(24)15-17(2)3)27(23)19-10-12-20(13-11-19)30-16-18-8-6-5-7-9-18/h4-13,17,21H,1,14-16,24H2,2-3H3/t21-/m0/s1. The zero-order valence-corrected chi connectivity index (χ0v) is 18.6. The smallest absolute Gasteiger partial charge is 0.254 e. The van der Waals surface area contributed by atoms with Gasteiger partial charge in [-0.3, -0.25) is 4.57 Å². The molecule has 0 unspecified atom stereocenters. The molecule has 164 valence electrons. The van der Waals surface area contributed by atoms with Crippen LogP contribution in [0.5, 0.6) is 5.75 Å². The molecular formula is C23H28N4O3S. The van der Waals surface area contributed by atoms with Gasteiger partial charge in [-0.2, -0.15) is 0 Å². The highest BCUT2D eigenvalue weighted by molar-refractivity contribution is 7.91. The molecule has 1 atom stereocenters. The molecule has 0 saturated heterocycles. The second-order valence-corrected chi connectivity index (χ2v) is 9.68. The fourth-order valence-electron chi connectivity index (χ4n) is 3.24. The van der Waals surface area contributed by atoms with Crippen molar-refractivity contribution in [1.82, 2.24) is 14.8 Å². The van der Waals surface area contributed by atoms with Crippen LogP contribution in [-0.4, -0.2) is 28.9 Å². The zero-order chi connectivity index (χ0) is 22.4. The van der Waals surface area contributed by atoms with Crippen LogP contribution in [0.4, 0.5) is 0 Å². The fourth-order valence-corrected chi connectivity index (χ4v) is 4.34. The Morgan fingerprint density at radius 2 is 1.77 bits per heavy atom. The van der Waals surface area contributed by atoms with Crippen molar-refractivity contribution in [3.63, 3.8) is 0 Å². The lowest BCUT2D eigenvalue weighted by atomic mass is 10.0. The number of hydrogen-bond acceptors (Lipinski definition) is 6. The summed E-state index contributed by atoms with van der Waals surface area (Å²) < 4.78 is 32.9. The number of benzene rings is 2. The van der Waals surface area contributed by atoms with Gasteiger partial charge in [0.05, 0.1) is 11.8 Å². The summed E-state index contributed by atoms with van der Waals surface area (Å²) in [7, 11) is -3.70. The van der Waals surface area contributed by atoms with Crippen molar-refractivity contribution in [1.29, 1.82) is 0 Å². The first kappa shape index (κ1) is 22.7. The van der Waals surface area contributed by atoms with E-state index in [1.165, 1.54) is 10.6 Å². The van der Waals surface area contributed by atoms with Gasteiger partial charge in [-0.15, -0.1) is 16.8 Å². The lowest BCUT2D eigenvalue weighted by Crippen LogP contribution is -2.20. The number of nitrogens with two attached hydrogens (primary N) is 1. The predicted molar refractivity (Wildman–Crippen MR) is 121 cm³/mol. The van der Waals surface area contributed by atoms with E-state index in [9.17, 15) is 8.42 Å². The van der Waals surface area contributed by atoms with E-state index >= 15 is 0 Å². The summed E-state index contributed by atoms with van der Waals surface area (Å²) >= 11 is 0. The second kappa shape index (κ2) is 9.89. The maximum atomic E-state index is 12.8. The van der Waals surface area contributed by atoms with Crippen LogP contribution in [0.25, 0.3) is 5.69 Å². The van der Waals surface area contributed by atoms with Gasteiger partial charge in [-0.25, -0.2) is 8.42 Å². The Labute approximate surface area is 183 Å². The highest BCUT2D eigenvalue weighted by atomic mass is 32.2. The van der Waals surface area contributed by atoms with Crippen molar-refractivity contribution < 1.29 is 13.2 Å². The van der Waals surface area contributed by atoms with Gasteiger partial charge in [0.25, 0.3) is 5.16 Å². The molecule has 2 aromatic carbocycles. The largest absolute Gasteiger partial charge is 0.489 e. The fraction of sp³-hybridized carbons (Fsp3) is 0.304. The highest BCUT2D eigenvalue weighted by Gasteiger charge is 2.27. The molecule has 0 saturated carbocycles. The molecule has 1 aromatic heterocycles. The molecule has 0 aliphatic rings. The summed E-state index contributed by atoms with van der Waals surface area (Å²) in [5.41, 5.74) is 8.01.